The summed E-state index contributed by atoms with van der Waals surface area (Å²) >= 11 is 0. The van der Waals surface area contributed by atoms with E-state index in [0.29, 0.717) is 29.9 Å². The molecule has 0 bridgehead atoms. The lowest BCUT2D eigenvalue weighted by atomic mass is 10.0. The van der Waals surface area contributed by atoms with E-state index in [0.717, 1.165) is 28.1 Å². The number of fused-ring (bicyclic) bond motifs is 1. The zero-order valence-corrected chi connectivity index (χ0v) is 20.8. The molecule has 0 unspecified atom stereocenters. The highest BCUT2D eigenvalue weighted by atomic mass is 16.5. The molecule has 0 aliphatic carbocycles. The zero-order valence-electron chi connectivity index (χ0n) is 20.8. The van der Waals surface area contributed by atoms with Crippen molar-refractivity contribution in [1.82, 2.24) is 15.0 Å². The molecule has 2 heterocycles. The fraction of sp³-hybridized carbons (Fsp3) is 0.250. The van der Waals surface area contributed by atoms with Crippen LogP contribution in [0, 0.1) is 11.3 Å². The van der Waals surface area contributed by atoms with Gasteiger partial charge in [0, 0.05) is 24.0 Å². The summed E-state index contributed by atoms with van der Waals surface area (Å²) in [6.45, 7) is 4.62. The Labute approximate surface area is 215 Å². The van der Waals surface area contributed by atoms with E-state index in [2.05, 4.69) is 21.4 Å². The van der Waals surface area contributed by atoms with Crippen LogP contribution in [-0.2, 0) is 22.5 Å². The lowest BCUT2D eigenvalue weighted by molar-refractivity contribution is -0.142. The summed E-state index contributed by atoms with van der Waals surface area (Å²) in [4.78, 5) is 39.7. The largest absolute Gasteiger partial charge is 0.466 e. The number of nitrogens with one attached hydrogen (secondary N) is 2. The minimum Gasteiger partial charge on any atom is -0.466 e. The molecule has 0 saturated carbocycles. The number of nitrogens with zero attached hydrogens (tertiary/aromatic N) is 4. The molecule has 0 saturated heterocycles. The molecule has 188 valence electrons. The number of carbonyl (C=O) groups is 2. The predicted octanol–water partition coefficient (Wildman–Crippen LogP) is 4.60. The van der Waals surface area contributed by atoms with Crippen molar-refractivity contribution in [2.45, 2.75) is 33.2 Å². The number of rotatable bonds is 10. The Balaban J connectivity index is 1.60. The summed E-state index contributed by atoms with van der Waals surface area (Å²) < 4.78 is 5.05. The van der Waals surface area contributed by atoms with Gasteiger partial charge in [-0.1, -0.05) is 13.0 Å². The third-order valence-electron chi connectivity index (χ3n) is 5.88. The summed E-state index contributed by atoms with van der Waals surface area (Å²) in [5.74, 6) is 0.576. The zero-order chi connectivity index (χ0) is 26.2. The second-order valence-electron chi connectivity index (χ2n) is 8.27. The maximum absolute atomic E-state index is 13.8. The molecule has 0 aliphatic rings. The Kier molecular flexibility index (Phi) is 8.11. The van der Waals surface area contributed by atoms with E-state index in [-0.39, 0.29) is 31.4 Å². The van der Waals surface area contributed by atoms with E-state index >= 15 is 0 Å². The second kappa shape index (κ2) is 11.8. The van der Waals surface area contributed by atoms with Gasteiger partial charge in [-0.15, -0.1) is 0 Å². The fourth-order valence-electron chi connectivity index (χ4n) is 4.09. The van der Waals surface area contributed by atoms with Gasteiger partial charge in [-0.2, -0.15) is 5.26 Å². The van der Waals surface area contributed by atoms with E-state index in [9.17, 15) is 9.59 Å². The molecule has 37 heavy (non-hydrogen) atoms. The Morgan fingerprint density at radius 3 is 2.59 bits per heavy atom. The number of imidazole rings is 1. The van der Waals surface area contributed by atoms with Crippen molar-refractivity contribution in [3.8, 4) is 6.07 Å². The van der Waals surface area contributed by atoms with Crippen LogP contribution in [0.15, 0.2) is 60.8 Å². The normalized spacial score (nSPS) is 10.6. The van der Waals surface area contributed by atoms with Crippen LogP contribution >= 0.6 is 0 Å². The number of aryl methyl sites for hydroxylation is 1. The number of pyridine rings is 1. The van der Waals surface area contributed by atoms with Gasteiger partial charge >= 0.3 is 5.97 Å². The summed E-state index contributed by atoms with van der Waals surface area (Å²) in [6.07, 6.45) is 2.28. The topological polar surface area (TPSA) is 124 Å². The van der Waals surface area contributed by atoms with Gasteiger partial charge in [0.15, 0.2) is 0 Å². The number of aromatic nitrogens is 3. The van der Waals surface area contributed by atoms with Gasteiger partial charge in [0.25, 0.3) is 5.91 Å². The summed E-state index contributed by atoms with van der Waals surface area (Å²) in [5, 5.41) is 12.3. The molecule has 2 N–H and O–H groups in total. The first-order chi connectivity index (χ1) is 18.0. The van der Waals surface area contributed by atoms with Gasteiger partial charge in [0.1, 0.15) is 11.6 Å². The van der Waals surface area contributed by atoms with Crippen LogP contribution in [0.5, 0.6) is 0 Å². The first-order valence-electron chi connectivity index (χ1n) is 12.2. The Bertz CT molecular complexity index is 1420. The first-order valence-corrected chi connectivity index (χ1v) is 12.2. The molecule has 0 fully saturated rings. The van der Waals surface area contributed by atoms with Crippen molar-refractivity contribution in [2.75, 3.05) is 23.4 Å². The lowest BCUT2D eigenvalue weighted by Crippen LogP contribution is -2.34. The predicted molar refractivity (Wildman–Crippen MR) is 141 cm³/mol. The molecule has 2 aromatic carbocycles. The maximum Gasteiger partial charge on any atom is 0.307 e. The van der Waals surface area contributed by atoms with E-state index < -0.39 is 0 Å². The fourth-order valence-corrected chi connectivity index (χ4v) is 4.09. The SMILES string of the molecule is CCOC(=O)CCN(C(=O)c1ccc2[nH]c(CNc3ccc(C#N)cc3)nc2c1CC)c1ccccn1. The molecule has 0 atom stereocenters. The Morgan fingerprint density at radius 2 is 1.92 bits per heavy atom. The van der Waals surface area contributed by atoms with Crippen LogP contribution in [0.25, 0.3) is 11.0 Å². The summed E-state index contributed by atoms with van der Waals surface area (Å²) in [5.41, 5.74) is 4.38. The number of nitriles is 1. The highest BCUT2D eigenvalue weighted by Crippen LogP contribution is 2.25. The van der Waals surface area contributed by atoms with Crippen LogP contribution in [-0.4, -0.2) is 40.0 Å². The molecule has 9 heteroatoms. The smallest absolute Gasteiger partial charge is 0.307 e. The standard InChI is InChI=1S/C28H28N6O3/c1-3-21-22(28(36)34(16-14-26(35)37-4-2)25-7-5-6-15-30-25)12-13-23-27(21)33-24(32-23)18-31-20-10-8-19(17-29)9-11-20/h5-13,15,31H,3-4,14,16,18H2,1-2H3,(H,32,33). The van der Waals surface area contributed by atoms with Crippen LogP contribution in [0.3, 0.4) is 0 Å². The van der Waals surface area contributed by atoms with Crippen molar-refractivity contribution in [1.29, 1.82) is 5.26 Å². The van der Waals surface area contributed by atoms with E-state index in [1.807, 2.05) is 25.1 Å². The molecular formula is C28H28N6O3. The first kappa shape index (κ1) is 25.4. The molecular weight excluding hydrogens is 468 g/mol. The van der Waals surface area contributed by atoms with Crippen molar-refractivity contribution in [2.24, 2.45) is 0 Å². The molecule has 1 amide bonds. The molecule has 0 spiro atoms. The number of aromatic amines is 1. The number of amides is 1. The maximum atomic E-state index is 13.8. The van der Waals surface area contributed by atoms with Gasteiger partial charge < -0.3 is 15.0 Å². The molecule has 4 aromatic rings. The van der Waals surface area contributed by atoms with E-state index in [4.69, 9.17) is 15.0 Å². The highest BCUT2D eigenvalue weighted by molar-refractivity contribution is 6.09. The third kappa shape index (κ3) is 5.93. The van der Waals surface area contributed by atoms with Crippen LogP contribution < -0.4 is 10.2 Å². The summed E-state index contributed by atoms with van der Waals surface area (Å²) in [6, 6.07) is 18.3. The number of carbonyl (C=O) groups excluding carboxylic acids is 2. The number of esters is 1. The van der Waals surface area contributed by atoms with Crippen LogP contribution in [0.4, 0.5) is 11.5 Å². The van der Waals surface area contributed by atoms with Gasteiger partial charge in [0.2, 0.25) is 0 Å². The second-order valence-corrected chi connectivity index (χ2v) is 8.27. The van der Waals surface area contributed by atoms with Crippen molar-refractivity contribution in [3.05, 3.63) is 83.3 Å². The molecule has 2 aromatic heterocycles. The number of hydrogen-bond acceptors (Lipinski definition) is 7. The van der Waals surface area contributed by atoms with Gasteiger partial charge in [0.05, 0.1) is 42.2 Å². The van der Waals surface area contributed by atoms with Gasteiger partial charge in [-0.05, 0) is 67.4 Å². The summed E-state index contributed by atoms with van der Waals surface area (Å²) in [7, 11) is 0. The van der Waals surface area contributed by atoms with Crippen molar-refractivity contribution in [3.63, 3.8) is 0 Å². The molecule has 0 radical (unpaired) electrons. The third-order valence-corrected chi connectivity index (χ3v) is 5.88. The highest BCUT2D eigenvalue weighted by Gasteiger charge is 2.24. The minimum atomic E-state index is -0.367. The number of hydrogen-bond donors (Lipinski definition) is 2. The Morgan fingerprint density at radius 1 is 1.11 bits per heavy atom. The van der Waals surface area contributed by atoms with Crippen molar-refractivity contribution >= 4 is 34.4 Å². The Hall–Kier alpha value is -4.71. The average molecular weight is 497 g/mol. The minimum absolute atomic E-state index is 0.0629. The van der Waals surface area contributed by atoms with Gasteiger partial charge in [-0.3, -0.25) is 14.5 Å². The molecule has 0 aliphatic heterocycles. The quantitative estimate of drug-likeness (QED) is 0.307. The van der Waals surface area contributed by atoms with E-state index in [1.165, 1.54) is 4.90 Å². The lowest BCUT2D eigenvalue weighted by Gasteiger charge is -2.22. The number of ether oxygens (including phenoxy) is 1. The number of benzene rings is 2. The number of H-pyrrole nitrogens is 1. The van der Waals surface area contributed by atoms with Crippen LogP contribution in [0.1, 0.15) is 47.6 Å². The number of anilines is 2. The average Bonchev–Trinajstić information content (AvgIpc) is 3.35. The molecule has 9 nitrogen and oxygen atoms in total. The van der Waals surface area contributed by atoms with Crippen LogP contribution in [0.2, 0.25) is 0 Å². The monoisotopic (exact) mass is 496 g/mol. The van der Waals surface area contributed by atoms with Crippen molar-refractivity contribution < 1.29 is 14.3 Å². The van der Waals surface area contributed by atoms with Gasteiger partial charge in [-0.25, -0.2) is 9.97 Å². The van der Waals surface area contributed by atoms with E-state index in [1.54, 1.807) is 49.5 Å². The molecule has 4 rings (SSSR count).